The molecule has 2 fully saturated rings. The lowest BCUT2D eigenvalue weighted by Crippen LogP contribution is -2.41. The van der Waals surface area contributed by atoms with Gasteiger partial charge in [0, 0.05) is 39.1 Å². The highest BCUT2D eigenvalue weighted by atomic mass is 16.5. The fourth-order valence-electron chi connectivity index (χ4n) is 2.24. The molecule has 16 heavy (non-hydrogen) atoms. The molecular formula is C11H20N2O3. The average molecular weight is 228 g/mol. The van der Waals surface area contributed by atoms with Crippen LogP contribution in [0.1, 0.15) is 12.8 Å². The topological polar surface area (TPSA) is 53.0 Å². The summed E-state index contributed by atoms with van der Waals surface area (Å²) in [5, 5.41) is 9.36. The highest BCUT2D eigenvalue weighted by Crippen LogP contribution is 2.09. The molecule has 1 atom stereocenters. The van der Waals surface area contributed by atoms with E-state index in [-0.39, 0.29) is 12.0 Å². The van der Waals surface area contributed by atoms with E-state index in [9.17, 15) is 9.90 Å². The standard InChI is InChI=1S/C11H20N2O3/c14-10-1-3-12(9-10)4-2-11(15)13-5-7-16-8-6-13/h10,14H,1-9H2/t10-/m0/s1. The lowest BCUT2D eigenvalue weighted by Gasteiger charge is -2.27. The van der Waals surface area contributed by atoms with Gasteiger partial charge >= 0.3 is 0 Å². The van der Waals surface area contributed by atoms with E-state index < -0.39 is 0 Å². The van der Waals surface area contributed by atoms with Crippen molar-refractivity contribution < 1.29 is 14.6 Å². The van der Waals surface area contributed by atoms with Crippen molar-refractivity contribution in [3.8, 4) is 0 Å². The van der Waals surface area contributed by atoms with Gasteiger partial charge in [0.1, 0.15) is 0 Å². The first-order valence-electron chi connectivity index (χ1n) is 6.01. The van der Waals surface area contributed by atoms with Crippen molar-refractivity contribution >= 4 is 5.91 Å². The number of carbonyl (C=O) groups excluding carboxylic acids is 1. The van der Waals surface area contributed by atoms with Crippen molar-refractivity contribution in [1.82, 2.24) is 9.80 Å². The van der Waals surface area contributed by atoms with Gasteiger partial charge in [-0.25, -0.2) is 0 Å². The van der Waals surface area contributed by atoms with Gasteiger partial charge in [-0.05, 0) is 6.42 Å². The normalized spacial score (nSPS) is 27.3. The van der Waals surface area contributed by atoms with E-state index in [1.54, 1.807) is 0 Å². The monoisotopic (exact) mass is 228 g/mol. The quantitative estimate of drug-likeness (QED) is 0.694. The van der Waals surface area contributed by atoms with Gasteiger partial charge in [0.25, 0.3) is 0 Å². The van der Waals surface area contributed by atoms with E-state index in [2.05, 4.69) is 4.90 Å². The van der Waals surface area contributed by atoms with Crippen molar-refractivity contribution in [2.24, 2.45) is 0 Å². The maximum absolute atomic E-state index is 11.8. The number of hydrogen-bond donors (Lipinski definition) is 1. The smallest absolute Gasteiger partial charge is 0.224 e. The molecule has 5 nitrogen and oxygen atoms in total. The highest BCUT2D eigenvalue weighted by Gasteiger charge is 2.22. The van der Waals surface area contributed by atoms with Crippen LogP contribution < -0.4 is 0 Å². The number of aliphatic hydroxyl groups excluding tert-OH is 1. The number of β-amino-alcohol motifs (C(OH)–C–C–N with tert-alkyl or cyclic N) is 1. The predicted octanol–water partition coefficient (Wildman–Crippen LogP) is -0.698. The Hall–Kier alpha value is -0.650. The SMILES string of the molecule is O=C(CCN1CC[C@H](O)C1)N1CCOCC1. The van der Waals surface area contributed by atoms with Crippen LogP contribution >= 0.6 is 0 Å². The Morgan fingerprint density at radius 3 is 2.69 bits per heavy atom. The molecular weight excluding hydrogens is 208 g/mol. The number of morpholine rings is 1. The van der Waals surface area contributed by atoms with Crippen molar-refractivity contribution in [2.45, 2.75) is 18.9 Å². The fourth-order valence-corrected chi connectivity index (χ4v) is 2.24. The third kappa shape index (κ3) is 3.17. The molecule has 2 aliphatic heterocycles. The van der Waals surface area contributed by atoms with Crippen LogP contribution in [0.5, 0.6) is 0 Å². The van der Waals surface area contributed by atoms with Crippen molar-refractivity contribution in [2.75, 3.05) is 45.9 Å². The average Bonchev–Trinajstić information content (AvgIpc) is 2.73. The van der Waals surface area contributed by atoms with Crippen LogP contribution in [0.3, 0.4) is 0 Å². The number of hydrogen-bond acceptors (Lipinski definition) is 4. The largest absolute Gasteiger partial charge is 0.392 e. The number of carbonyl (C=O) groups is 1. The van der Waals surface area contributed by atoms with Crippen LogP contribution in [0.4, 0.5) is 0 Å². The van der Waals surface area contributed by atoms with Gasteiger partial charge in [-0.15, -0.1) is 0 Å². The molecule has 0 spiro atoms. The molecule has 2 heterocycles. The summed E-state index contributed by atoms with van der Waals surface area (Å²) in [6.45, 7) is 5.17. The molecule has 1 N–H and O–H groups in total. The second kappa shape index (κ2) is 5.61. The number of aliphatic hydroxyl groups is 1. The maximum atomic E-state index is 11.8. The number of ether oxygens (including phenoxy) is 1. The number of amides is 1. The predicted molar refractivity (Wildman–Crippen MR) is 59.1 cm³/mol. The number of likely N-dealkylation sites (tertiary alicyclic amines) is 1. The number of rotatable bonds is 3. The number of nitrogens with zero attached hydrogens (tertiary/aromatic N) is 2. The van der Waals surface area contributed by atoms with Gasteiger partial charge in [0.05, 0.1) is 19.3 Å². The summed E-state index contributed by atoms with van der Waals surface area (Å²) in [5.74, 6) is 0.213. The van der Waals surface area contributed by atoms with Gasteiger partial charge < -0.3 is 19.6 Å². The van der Waals surface area contributed by atoms with Crippen LogP contribution in [-0.2, 0) is 9.53 Å². The van der Waals surface area contributed by atoms with Crippen LogP contribution in [0.2, 0.25) is 0 Å². The molecule has 92 valence electrons. The lowest BCUT2D eigenvalue weighted by molar-refractivity contribution is -0.135. The molecule has 5 heteroatoms. The van der Waals surface area contributed by atoms with E-state index in [0.29, 0.717) is 19.6 Å². The van der Waals surface area contributed by atoms with E-state index in [0.717, 1.165) is 39.1 Å². The van der Waals surface area contributed by atoms with Gasteiger partial charge in [-0.3, -0.25) is 4.79 Å². The summed E-state index contributed by atoms with van der Waals surface area (Å²) in [5.41, 5.74) is 0. The summed E-state index contributed by atoms with van der Waals surface area (Å²) in [4.78, 5) is 15.8. The Bertz CT molecular complexity index is 241. The molecule has 0 aromatic carbocycles. The molecule has 1 amide bonds. The minimum atomic E-state index is -0.196. The molecule has 0 bridgehead atoms. The molecule has 2 aliphatic rings. The van der Waals surface area contributed by atoms with Gasteiger partial charge in [0.15, 0.2) is 0 Å². The summed E-state index contributed by atoms with van der Waals surface area (Å²) in [6.07, 6.45) is 1.21. The second-order valence-corrected chi connectivity index (χ2v) is 4.49. The zero-order chi connectivity index (χ0) is 11.4. The summed E-state index contributed by atoms with van der Waals surface area (Å²) in [6, 6.07) is 0. The van der Waals surface area contributed by atoms with Crippen LogP contribution in [-0.4, -0.2) is 72.9 Å². The third-order valence-corrected chi connectivity index (χ3v) is 3.25. The fraction of sp³-hybridized carbons (Fsp3) is 0.909. The first-order valence-corrected chi connectivity index (χ1v) is 6.01. The maximum Gasteiger partial charge on any atom is 0.224 e. The molecule has 2 saturated heterocycles. The molecule has 0 saturated carbocycles. The minimum absolute atomic E-state index is 0.196. The molecule has 0 unspecified atom stereocenters. The molecule has 0 aromatic rings. The minimum Gasteiger partial charge on any atom is -0.392 e. The van der Waals surface area contributed by atoms with E-state index in [1.165, 1.54) is 0 Å². The third-order valence-electron chi connectivity index (χ3n) is 3.25. The van der Waals surface area contributed by atoms with Crippen LogP contribution in [0.25, 0.3) is 0 Å². The van der Waals surface area contributed by atoms with Gasteiger partial charge in [0.2, 0.25) is 5.91 Å². The van der Waals surface area contributed by atoms with E-state index >= 15 is 0 Å². The summed E-state index contributed by atoms with van der Waals surface area (Å²) < 4.78 is 5.20. The van der Waals surface area contributed by atoms with Crippen molar-refractivity contribution in [3.05, 3.63) is 0 Å². The van der Waals surface area contributed by atoms with E-state index in [1.807, 2.05) is 4.90 Å². The zero-order valence-corrected chi connectivity index (χ0v) is 9.60. The lowest BCUT2D eigenvalue weighted by atomic mass is 10.3. The first-order chi connectivity index (χ1) is 7.75. The molecule has 0 aliphatic carbocycles. The van der Waals surface area contributed by atoms with E-state index in [4.69, 9.17) is 4.74 Å². The molecule has 0 aromatic heterocycles. The van der Waals surface area contributed by atoms with Crippen LogP contribution in [0, 0.1) is 0 Å². The highest BCUT2D eigenvalue weighted by molar-refractivity contribution is 5.76. The summed E-state index contributed by atoms with van der Waals surface area (Å²) in [7, 11) is 0. The van der Waals surface area contributed by atoms with Crippen LogP contribution in [0.15, 0.2) is 0 Å². The Kier molecular flexibility index (Phi) is 4.15. The Morgan fingerprint density at radius 1 is 1.31 bits per heavy atom. The Labute approximate surface area is 96.0 Å². The summed E-state index contributed by atoms with van der Waals surface area (Å²) >= 11 is 0. The first kappa shape index (κ1) is 11.8. The molecule has 0 radical (unpaired) electrons. The van der Waals surface area contributed by atoms with Crippen molar-refractivity contribution in [1.29, 1.82) is 0 Å². The van der Waals surface area contributed by atoms with Crippen molar-refractivity contribution in [3.63, 3.8) is 0 Å². The molecule has 2 rings (SSSR count). The second-order valence-electron chi connectivity index (χ2n) is 4.49. The van der Waals surface area contributed by atoms with Gasteiger partial charge in [-0.2, -0.15) is 0 Å². The zero-order valence-electron chi connectivity index (χ0n) is 9.60. The van der Waals surface area contributed by atoms with Gasteiger partial charge in [-0.1, -0.05) is 0 Å². The Balaban J connectivity index is 1.66. The Morgan fingerprint density at radius 2 is 2.06 bits per heavy atom.